The topological polar surface area (TPSA) is 35.2 Å². The van der Waals surface area contributed by atoms with E-state index in [1.54, 1.807) is 7.11 Å². The summed E-state index contributed by atoms with van der Waals surface area (Å²) < 4.78 is 5.39. The summed E-state index contributed by atoms with van der Waals surface area (Å²) in [4.78, 5) is 0. The molecule has 0 amide bonds. The van der Waals surface area contributed by atoms with Crippen LogP contribution in [0.25, 0.3) is 0 Å². The highest BCUT2D eigenvalue weighted by atomic mass is 16.5. The van der Waals surface area contributed by atoms with Gasteiger partial charge in [0.05, 0.1) is 5.60 Å². The zero-order valence-corrected chi connectivity index (χ0v) is 9.88. The van der Waals surface area contributed by atoms with Gasteiger partial charge in [-0.2, -0.15) is 0 Å². The number of rotatable bonds is 5. The van der Waals surface area contributed by atoms with Gasteiger partial charge in [0.25, 0.3) is 0 Å². The van der Waals surface area contributed by atoms with Gasteiger partial charge >= 0.3 is 0 Å². The lowest BCUT2D eigenvalue weighted by molar-refractivity contribution is 0.00848. The molecule has 1 aliphatic carbocycles. The molecule has 1 aliphatic rings. The van der Waals surface area contributed by atoms with Crippen LogP contribution in [0.2, 0.25) is 0 Å². The van der Waals surface area contributed by atoms with Gasteiger partial charge in [-0.05, 0) is 32.6 Å². The fourth-order valence-corrected chi connectivity index (χ4v) is 2.47. The molecule has 0 aromatic carbocycles. The highest BCUT2D eigenvalue weighted by Crippen LogP contribution is 2.30. The molecule has 0 aromatic heterocycles. The maximum absolute atomic E-state index is 6.14. The van der Waals surface area contributed by atoms with E-state index in [-0.39, 0.29) is 5.60 Å². The maximum Gasteiger partial charge on any atom is 0.0637 e. The van der Waals surface area contributed by atoms with E-state index in [2.05, 4.69) is 13.8 Å². The standard InChI is InChI=1S/C12H25NO/c1-12(2,14-3)9-11(13)8-10-6-4-5-7-10/h10-11H,4-9,13H2,1-3H3. The molecule has 2 nitrogen and oxygen atoms in total. The van der Waals surface area contributed by atoms with Crippen LogP contribution in [-0.2, 0) is 4.74 Å². The second kappa shape index (κ2) is 5.13. The Morgan fingerprint density at radius 2 is 1.93 bits per heavy atom. The minimum atomic E-state index is -0.0575. The molecule has 0 aliphatic heterocycles. The fraction of sp³-hybridized carbons (Fsp3) is 1.00. The van der Waals surface area contributed by atoms with Gasteiger partial charge in [-0.15, -0.1) is 0 Å². The van der Waals surface area contributed by atoms with Gasteiger partial charge in [0.1, 0.15) is 0 Å². The summed E-state index contributed by atoms with van der Waals surface area (Å²) in [6, 6.07) is 0.313. The van der Waals surface area contributed by atoms with Crippen LogP contribution in [0.15, 0.2) is 0 Å². The minimum absolute atomic E-state index is 0.0575. The summed E-state index contributed by atoms with van der Waals surface area (Å²) in [7, 11) is 1.77. The Balaban J connectivity index is 2.23. The lowest BCUT2D eigenvalue weighted by atomic mass is 9.91. The number of hydrogen-bond acceptors (Lipinski definition) is 2. The Bertz CT molecular complexity index is 162. The molecule has 1 rings (SSSR count). The maximum atomic E-state index is 6.14. The molecule has 0 heterocycles. The zero-order valence-electron chi connectivity index (χ0n) is 9.88. The summed E-state index contributed by atoms with van der Waals surface area (Å²) in [6.45, 7) is 4.23. The predicted octanol–water partition coefficient (Wildman–Crippen LogP) is 2.71. The first kappa shape index (κ1) is 12.0. The molecule has 2 heteroatoms. The summed E-state index contributed by atoms with van der Waals surface area (Å²) in [6.07, 6.45) is 7.76. The molecule has 0 spiro atoms. The molecule has 0 radical (unpaired) electrons. The minimum Gasteiger partial charge on any atom is -0.379 e. The van der Waals surface area contributed by atoms with Crippen LogP contribution in [0.3, 0.4) is 0 Å². The Morgan fingerprint density at radius 3 is 2.43 bits per heavy atom. The molecule has 0 aromatic rings. The molecule has 1 atom stereocenters. The molecule has 0 saturated heterocycles. The first-order valence-corrected chi connectivity index (χ1v) is 5.84. The van der Waals surface area contributed by atoms with Crippen LogP contribution in [0, 0.1) is 5.92 Å². The summed E-state index contributed by atoms with van der Waals surface area (Å²) >= 11 is 0. The van der Waals surface area contributed by atoms with E-state index in [9.17, 15) is 0 Å². The number of ether oxygens (including phenoxy) is 1. The lowest BCUT2D eigenvalue weighted by Gasteiger charge is -2.27. The highest BCUT2D eigenvalue weighted by molar-refractivity contribution is 4.79. The largest absolute Gasteiger partial charge is 0.379 e. The fourth-order valence-electron chi connectivity index (χ4n) is 2.47. The second-order valence-corrected chi connectivity index (χ2v) is 5.31. The predicted molar refractivity (Wildman–Crippen MR) is 60.3 cm³/mol. The zero-order chi connectivity index (χ0) is 10.6. The Labute approximate surface area is 88.2 Å². The van der Waals surface area contributed by atoms with Crippen LogP contribution in [0.5, 0.6) is 0 Å². The first-order valence-electron chi connectivity index (χ1n) is 5.84. The molecule has 1 unspecified atom stereocenters. The summed E-state index contributed by atoms with van der Waals surface area (Å²) in [5.41, 5.74) is 6.08. The molecule has 1 saturated carbocycles. The monoisotopic (exact) mass is 199 g/mol. The van der Waals surface area contributed by atoms with Crippen molar-refractivity contribution in [3.8, 4) is 0 Å². The molecule has 0 bridgehead atoms. The van der Waals surface area contributed by atoms with E-state index in [4.69, 9.17) is 10.5 Å². The Kier molecular flexibility index (Phi) is 4.39. The van der Waals surface area contributed by atoms with Gasteiger partial charge in [0, 0.05) is 13.2 Å². The van der Waals surface area contributed by atoms with Crippen molar-refractivity contribution in [2.75, 3.05) is 7.11 Å². The van der Waals surface area contributed by atoms with E-state index in [0.717, 1.165) is 12.3 Å². The highest BCUT2D eigenvalue weighted by Gasteiger charge is 2.24. The van der Waals surface area contributed by atoms with Gasteiger partial charge in [-0.1, -0.05) is 25.7 Å². The van der Waals surface area contributed by atoms with Gasteiger partial charge in [-0.25, -0.2) is 0 Å². The average molecular weight is 199 g/mol. The molecule has 84 valence electrons. The van der Waals surface area contributed by atoms with Crippen molar-refractivity contribution < 1.29 is 4.74 Å². The Hall–Kier alpha value is -0.0800. The lowest BCUT2D eigenvalue weighted by Crippen LogP contribution is -2.34. The third kappa shape index (κ3) is 3.97. The smallest absolute Gasteiger partial charge is 0.0637 e. The number of nitrogens with two attached hydrogens (primary N) is 1. The van der Waals surface area contributed by atoms with Gasteiger partial charge < -0.3 is 10.5 Å². The third-order valence-electron chi connectivity index (χ3n) is 3.42. The van der Waals surface area contributed by atoms with E-state index >= 15 is 0 Å². The van der Waals surface area contributed by atoms with Crippen molar-refractivity contribution in [1.82, 2.24) is 0 Å². The van der Waals surface area contributed by atoms with Crippen molar-refractivity contribution >= 4 is 0 Å². The third-order valence-corrected chi connectivity index (χ3v) is 3.42. The van der Waals surface area contributed by atoms with E-state index in [0.29, 0.717) is 6.04 Å². The number of hydrogen-bond donors (Lipinski definition) is 1. The normalized spacial score (nSPS) is 21.4. The second-order valence-electron chi connectivity index (χ2n) is 5.31. The van der Waals surface area contributed by atoms with E-state index < -0.39 is 0 Å². The van der Waals surface area contributed by atoms with Crippen LogP contribution in [0.1, 0.15) is 52.4 Å². The van der Waals surface area contributed by atoms with E-state index in [1.165, 1.54) is 32.1 Å². The first-order chi connectivity index (χ1) is 6.53. The summed E-state index contributed by atoms with van der Waals surface area (Å²) in [5, 5.41) is 0. The van der Waals surface area contributed by atoms with Crippen LogP contribution in [0.4, 0.5) is 0 Å². The van der Waals surface area contributed by atoms with Crippen molar-refractivity contribution in [3.63, 3.8) is 0 Å². The molecule has 1 fully saturated rings. The quantitative estimate of drug-likeness (QED) is 0.739. The van der Waals surface area contributed by atoms with Crippen LogP contribution < -0.4 is 5.73 Å². The van der Waals surface area contributed by atoms with Gasteiger partial charge in [0.15, 0.2) is 0 Å². The van der Waals surface area contributed by atoms with Gasteiger partial charge in [0.2, 0.25) is 0 Å². The van der Waals surface area contributed by atoms with Crippen LogP contribution in [-0.4, -0.2) is 18.8 Å². The van der Waals surface area contributed by atoms with Gasteiger partial charge in [-0.3, -0.25) is 0 Å². The molecule has 2 N–H and O–H groups in total. The van der Waals surface area contributed by atoms with Crippen molar-refractivity contribution in [2.24, 2.45) is 11.7 Å². The van der Waals surface area contributed by atoms with E-state index in [1.807, 2.05) is 0 Å². The van der Waals surface area contributed by atoms with Crippen molar-refractivity contribution in [3.05, 3.63) is 0 Å². The molecular formula is C12H25NO. The molecule has 14 heavy (non-hydrogen) atoms. The molecular weight excluding hydrogens is 174 g/mol. The number of methoxy groups -OCH3 is 1. The summed E-state index contributed by atoms with van der Waals surface area (Å²) in [5.74, 6) is 0.887. The van der Waals surface area contributed by atoms with Crippen molar-refractivity contribution in [2.45, 2.75) is 64.0 Å². The van der Waals surface area contributed by atoms with Crippen molar-refractivity contribution in [1.29, 1.82) is 0 Å². The Morgan fingerprint density at radius 1 is 1.36 bits per heavy atom. The van der Waals surface area contributed by atoms with Crippen LogP contribution >= 0.6 is 0 Å². The average Bonchev–Trinajstić information content (AvgIpc) is 2.55. The SMILES string of the molecule is COC(C)(C)CC(N)CC1CCCC1.